The molecule has 3 aromatic carbocycles. The maximum absolute atomic E-state index is 13.3. The van der Waals surface area contributed by atoms with E-state index in [0.29, 0.717) is 11.4 Å². The number of hydrogen-bond acceptors (Lipinski definition) is 3. The quantitative estimate of drug-likeness (QED) is 0.544. The molecule has 3 aromatic rings. The first-order chi connectivity index (χ1) is 13.8. The lowest BCUT2D eigenvalue weighted by Gasteiger charge is -2.24. The Labute approximate surface area is 179 Å². The molecule has 0 bridgehead atoms. The van der Waals surface area contributed by atoms with Crippen molar-refractivity contribution in [2.24, 2.45) is 0 Å². The SMILES string of the molecule is CCN(c1ccccc1)S(=O)(=O)c1cc(C(=O)Nc2ccccc2)c(Cl)cc1Cl. The molecule has 0 unspecified atom stereocenters. The van der Waals surface area contributed by atoms with Crippen molar-refractivity contribution >= 4 is 50.5 Å². The Kier molecular flexibility index (Phi) is 6.47. The van der Waals surface area contributed by atoms with Gasteiger partial charge in [-0.05, 0) is 43.3 Å². The van der Waals surface area contributed by atoms with Crippen molar-refractivity contribution in [3.8, 4) is 0 Å². The molecule has 8 heteroatoms. The van der Waals surface area contributed by atoms with Crippen LogP contribution in [0.2, 0.25) is 10.0 Å². The highest BCUT2D eigenvalue weighted by atomic mass is 35.5. The summed E-state index contributed by atoms with van der Waals surface area (Å²) >= 11 is 12.4. The van der Waals surface area contributed by atoms with Crippen LogP contribution in [0, 0.1) is 0 Å². The van der Waals surface area contributed by atoms with Gasteiger partial charge in [0.15, 0.2) is 0 Å². The van der Waals surface area contributed by atoms with Crippen molar-refractivity contribution in [2.75, 3.05) is 16.2 Å². The minimum absolute atomic E-state index is 0.0163. The van der Waals surface area contributed by atoms with Crippen LogP contribution in [0.15, 0.2) is 77.7 Å². The second kappa shape index (κ2) is 8.86. The highest BCUT2D eigenvalue weighted by Gasteiger charge is 2.28. The minimum atomic E-state index is -4.02. The topological polar surface area (TPSA) is 66.5 Å². The van der Waals surface area contributed by atoms with Gasteiger partial charge < -0.3 is 5.32 Å². The van der Waals surface area contributed by atoms with Crippen LogP contribution in [0.3, 0.4) is 0 Å². The maximum atomic E-state index is 13.3. The van der Waals surface area contributed by atoms with Crippen molar-refractivity contribution in [1.82, 2.24) is 0 Å². The van der Waals surface area contributed by atoms with E-state index in [-0.39, 0.29) is 27.0 Å². The molecule has 29 heavy (non-hydrogen) atoms. The summed E-state index contributed by atoms with van der Waals surface area (Å²) in [6.45, 7) is 1.91. The van der Waals surface area contributed by atoms with Crippen LogP contribution in [-0.4, -0.2) is 20.9 Å². The molecule has 5 nitrogen and oxygen atoms in total. The van der Waals surface area contributed by atoms with Gasteiger partial charge in [-0.1, -0.05) is 59.6 Å². The number of benzene rings is 3. The van der Waals surface area contributed by atoms with Crippen LogP contribution >= 0.6 is 23.2 Å². The number of anilines is 2. The van der Waals surface area contributed by atoms with E-state index in [0.717, 1.165) is 0 Å². The van der Waals surface area contributed by atoms with Gasteiger partial charge in [0.1, 0.15) is 4.90 Å². The van der Waals surface area contributed by atoms with Gasteiger partial charge in [0, 0.05) is 12.2 Å². The number of carbonyl (C=O) groups is 1. The second-order valence-electron chi connectivity index (χ2n) is 6.09. The van der Waals surface area contributed by atoms with E-state index in [4.69, 9.17) is 23.2 Å². The molecule has 0 spiro atoms. The van der Waals surface area contributed by atoms with Crippen molar-refractivity contribution in [1.29, 1.82) is 0 Å². The molecule has 0 fully saturated rings. The van der Waals surface area contributed by atoms with Crippen LogP contribution in [0.4, 0.5) is 11.4 Å². The van der Waals surface area contributed by atoms with E-state index in [2.05, 4.69) is 5.32 Å². The summed E-state index contributed by atoms with van der Waals surface area (Å²) in [7, 11) is -4.02. The van der Waals surface area contributed by atoms with Crippen molar-refractivity contribution in [3.05, 3.63) is 88.4 Å². The Morgan fingerprint density at radius 2 is 1.52 bits per heavy atom. The first-order valence-electron chi connectivity index (χ1n) is 8.78. The molecule has 1 amide bonds. The van der Waals surface area contributed by atoms with Crippen LogP contribution in [0.5, 0.6) is 0 Å². The number of nitrogens with one attached hydrogen (secondary N) is 1. The largest absolute Gasteiger partial charge is 0.322 e. The maximum Gasteiger partial charge on any atom is 0.265 e. The smallest absolute Gasteiger partial charge is 0.265 e. The summed E-state index contributed by atoms with van der Waals surface area (Å²) in [5, 5.41) is 2.70. The Morgan fingerprint density at radius 1 is 0.931 bits per heavy atom. The lowest BCUT2D eigenvalue weighted by molar-refractivity contribution is 0.102. The van der Waals surface area contributed by atoms with Gasteiger partial charge in [0.25, 0.3) is 15.9 Å². The van der Waals surface area contributed by atoms with Crippen LogP contribution in [0.1, 0.15) is 17.3 Å². The highest BCUT2D eigenvalue weighted by molar-refractivity contribution is 7.93. The van der Waals surface area contributed by atoms with E-state index >= 15 is 0 Å². The second-order valence-corrected chi connectivity index (χ2v) is 8.73. The minimum Gasteiger partial charge on any atom is -0.322 e. The molecule has 0 radical (unpaired) electrons. The zero-order chi connectivity index (χ0) is 21.0. The number of amides is 1. The molecule has 150 valence electrons. The Morgan fingerprint density at radius 3 is 2.10 bits per heavy atom. The molecule has 0 aromatic heterocycles. The van der Waals surface area contributed by atoms with E-state index < -0.39 is 15.9 Å². The summed E-state index contributed by atoms with van der Waals surface area (Å²) in [5.74, 6) is -0.530. The van der Waals surface area contributed by atoms with E-state index in [1.807, 2.05) is 6.07 Å². The Balaban J connectivity index is 2.03. The van der Waals surface area contributed by atoms with Gasteiger partial charge in [-0.15, -0.1) is 0 Å². The van der Waals surface area contributed by atoms with Gasteiger partial charge >= 0.3 is 0 Å². The standard InChI is InChI=1S/C21H18Cl2N2O3S/c1-2-25(16-11-7-4-8-12-16)29(27,28)20-13-17(18(22)14-19(20)23)21(26)24-15-9-5-3-6-10-15/h3-14H,2H2,1H3,(H,24,26). The zero-order valence-electron chi connectivity index (χ0n) is 15.5. The molecular formula is C21H18Cl2N2O3S. The number of hydrogen-bond donors (Lipinski definition) is 1. The fourth-order valence-corrected chi connectivity index (χ4v) is 5.14. The van der Waals surface area contributed by atoms with Crippen LogP contribution < -0.4 is 9.62 Å². The number of para-hydroxylation sites is 2. The fraction of sp³-hybridized carbons (Fsp3) is 0.0952. The van der Waals surface area contributed by atoms with E-state index in [9.17, 15) is 13.2 Å². The van der Waals surface area contributed by atoms with Gasteiger partial charge in [-0.3, -0.25) is 9.10 Å². The third-order valence-corrected chi connectivity index (χ3v) is 6.88. The predicted octanol–water partition coefficient (Wildman–Crippen LogP) is 5.46. The number of nitrogens with zero attached hydrogens (tertiary/aromatic N) is 1. The first-order valence-corrected chi connectivity index (χ1v) is 11.0. The van der Waals surface area contributed by atoms with E-state index in [1.165, 1.54) is 16.4 Å². The number of halogens is 2. The molecule has 3 rings (SSSR count). The van der Waals surface area contributed by atoms with Crippen molar-refractivity contribution in [3.63, 3.8) is 0 Å². The summed E-state index contributed by atoms with van der Waals surface area (Å²) in [5.41, 5.74) is 1.08. The molecule has 0 atom stereocenters. The Bertz CT molecular complexity index is 1120. The third kappa shape index (κ3) is 4.56. The number of carbonyl (C=O) groups excluding carboxylic acids is 1. The summed E-state index contributed by atoms with van der Waals surface area (Å²) in [4.78, 5) is 12.5. The third-order valence-electron chi connectivity index (χ3n) is 4.20. The predicted molar refractivity (Wildman–Crippen MR) is 118 cm³/mol. The Hall–Kier alpha value is -2.54. The van der Waals surface area contributed by atoms with E-state index in [1.54, 1.807) is 61.5 Å². The average molecular weight is 449 g/mol. The summed E-state index contributed by atoms with van der Waals surface area (Å²) in [6, 6.07) is 19.9. The van der Waals surface area contributed by atoms with Crippen LogP contribution in [-0.2, 0) is 10.0 Å². The zero-order valence-corrected chi connectivity index (χ0v) is 17.8. The van der Waals surface area contributed by atoms with Crippen molar-refractivity contribution < 1.29 is 13.2 Å². The van der Waals surface area contributed by atoms with Gasteiger partial charge in [0.05, 0.1) is 21.3 Å². The molecule has 1 N–H and O–H groups in total. The van der Waals surface area contributed by atoms with Gasteiger partial charge in [0.2, 0.25) is 0 Å². The summed E-state index contributed by atoms with van der Waals surface area (Å²) in [6.07, 6.45) is 0. The monoisotopic (exact) mass is 448 g/mol. The highest BCUT2D eigenvalue weighted by Crippen LogP contribution is 2.33. The lowest BCUT2D eigenvalue weighted by Crippen LogP contribution is -2.31. The molecule has 0 aliphatic carbocycles. The van der Waals surface area contributed by atoms with Gasteiger partial charge in [-0.2, -0.15) is 0 Å². The van der Waals surface area contributed by atoms with Gasteiger partial charge in [-0.25, -0.2) is 8.42 Å². The fourth-order valence-electron chi connectivity index (χ4n) is 2.83. The van der Waals surface area contributed by atoms with Crippen LogP contribution in [0.25, 0.3) is 0 Å². The molecule has 0 aliphatic rings. The molecular weight excluding hydrogens is 431 g/mol. The molecule has 0 heterocycles. The number of rotatable bonds is 6. The summed E-state index contributed by atoms with van der Waals surface area (Å²) < 4.78 is 27.8. The first kappa shape index (κ1) is 21.2. The average Bonchev–Trinajstić information content (AvgIpc) is 2.69. The molecule has 0 saturated carbocycles. The number of sulfonamides is 1. The molecule has 0 aliphatic heterocycles. The molecule has 0 saturated heterocycles. The lowest BCUT2D eigenvalue weighted by atomic mass is 10.2. The normalized spacial score (nSPS) is 11.1. The van der Waals surface area contributed by atoms with Crippen molar-refractivity contribution in [2.45, 2.75) is 11.8 Å².